The highest BCUT2D eigenvalue weighted by Gasteiger charge is 2.39. The Hall–Kier alpha value is -1.46. The predicted molar refractivity (Wildman–Crippen MR) is 60.7 cm³/mol. The van der Waals surface area contributed by atoms with Crippen LogP contribution in [-0.4, -0.2) is 17.1 Å². The van der Waals surface area contributed by atoms with Crippen molar-refractivity contribution in [2.24, 2.45) is 5.92 Å². The molecular formula is C12H15FN2O2. The largest absolute Gasteiger partial charge is 0.481 e. The molecule has 2 rings (SSSR count). The lowest BCUT2D eigenvalue weighted by Gasteiger charge is -2.17. The molecule has 3 unspecified atom stereocenters. The topological polar surface area (TPSA) is 61.4 Å². The fourth-order valence-electron chi connectivity index (χ4n) is 2.20. The van der Waals surface area contributed by atoms with E-state index in [4.69, 9.17) is 0 Å². The Labute approximate surface area is 98.8 Å². The summed E-state index contributed by atoms with van der Waals surface area (Å²) >= 11 is 0. The van der Waals surface area contributed by atoms with Gasteiger partial charge in [0, 0.05) is 6.04 Å². The van der Waals surface area contributed by atoms with Crippen molar-refractivity contribution in [1.82, 2.24) is 10.9 Å². The van der Waals surface area contributed by atoms with Gasteiger partial charge in [-0.05, 0) is 31.0 Å². The van der Waals surface area contributed by atoms with Crippen LogP contribution in [0.4, 0.5) is 4.39 Å². The third kappa shape index (κ3) is 2.16. The number of hydrogen-bond donors (Lipinski definition) is 3. The molecule has 17 heavy (non-hydrogen) atoms. The van der Waals surface area contributed by atoms with Crippen molar-refractivity contribution in [1.29, 1.82) is 0 Å². The average Bonchev–Trinajstić information content (AvgIpc) is 2.64. The van der Waals surface area contributed by atoms with Gasteiger partial charge in [0.15, 0.2) is 0 Å². The molecule has 1 aromatic rings. The number of carboxylic acid groups (broad SMARTS) is 1. The van der Waals surface area contributed by atoms with E-state index in [0.29, 0.717) is 5.56 Å². The molecule has 1 heterocycles. The van der Waals surface area contributed by atoms with Crippen LogP contribution in [0, 0.1) is 18.7 Å². The van der Waals surface area contributed by atoms with E-state index in [1.54, 1.807) is 19.1 Å². The molecule has 1 aromatic carbocycles. The number of carboxylic acids is 1. The summed E-state index contributed by atoms with van der Waals surface area (Å²) in [5.74, 6) is -1.69. The lowest BCUT2D eigenvalue weighted by Crippen LogP contribution is -2.30. The highest BCUT2D eigenvalue weighted by atomic mass is 19.1. The van der Waals surface area contributed by atoms with E-state index < -0.39 is 11.9 Å². The Kier molecular flexibility index (Phi) is 3.13. The van der Waals surface area contributed by atoms with Crippen LogP contribution in [0.1, 0.15) is 24.1 Å². The Morgan fingerprint density at radius 2 is 2.12 bits per heavy atom. The third-order valence-corrected chi connectivity index (χ3v) is 3.19. The van der Waals surface area contributed by atoms with Crippen LogP contribution < -0.4 is 10.9 Å². The Balaban J connectivity index is 2.32. The summed E-state index contributed by atoms with van der Waals surface area (Å²) in [6, 6.07) is 4.18. The summed E-state index contributed by atoms with van der Waals surface area (Å²) in [4.78, 5) is 11.2. The highest BCUT2D eigenvalue weighted by molar-refractivity contribution is 5.72. The van der Waals surface area contributed by atoms with Crippen LogP contribution >= 0.6 is 0 Å². The number of hydrazine groups is 1. The maximum atomic E-state index is 13.2. The van der Waals surface area contributed by atoms with Gasteiger partial charge in [0.2, 0.25) is 0 Å². The quantitative estimate of drug-likeness (QED) is 0.728. The molecule has 0 saturated carbocycles. The van der Waals surface area contributed by atoms with Crippen LogP contribution in [0.2, 0.25) is 0 Å². The Morgan fingerprint density at radius 1 is 1.41 bits per heavy atom. The van der Waals surface area contributed by atoms with Crippen molar-refractivity contribution in [3.8, 4) is 0 Å². The second kappa shape index (κ2) is 4.43. The van der Waals surface area contributed by atoms with Crippen molar-refractivity contribution in [2.45, 2.75) is 25.9 Å². The molecule has 0 radical (unpaired) electrons. The number of nitrogens with one attached hydrogen (secondary N) is 2. The molecule has 3 N–H and O–H groups in total. The van der Waals surface area contributed by atoms with Gasteiger partial charge in [0.05, 0.1) is 12.0 Å². The van der Waals surface area contributed by atoms with Crippen molar-refractivity contribution < 1.29 is 14.3 Å². The molecule has 1 aliphatic heterocycles. The molecule has 0 aliphatic carbocycles. The molecule has 92 valence electrons. The fourth-order valence-corrected chi connectivity index (χ4v) is 2.20. The van der Waals surface area contributed by atoms with Crippen LogP contribution in [0.5, 0.6) is 0 Å². The number of halogens is 1. The first kappa shape index (κ1) is 12.0. The second-order valence-corrected chi connectivity index (χ2v) is 4.43. The van der Waals surface area contributed by atoms with E-state index in [1.165, 1.54) is 6.07 Å². The molecule has 3 atom stereocenters. The summed E-state index contributed by atoms with van der Waals surface area (Å²) in [5.41, 5.74) is 7.16. The van der Waals surface area contributed by atoms with Gasteiger partial charge in [0.25, 0.3) is 0 Å². The number of aliphatic carboxylic acids is 1. The molecule has 0 amide bonds. The van der Waals surface area contributed by atoms with E-state index >= 15 is 0 Å². The highest BCUT2D eigenvalue weighted by Crippen LogP contribution is 2.29. The normalized spacial score (nSPS) is 28.3. The maximum Gasteiger partial charge on any atom is 0.310 e. The van der Waals surface area contributed by atoms with Gasteiger partial charge in [0.1, 0.15) is 5.82 Å². The van der Waals surface area contributed by atoms with Crippen molar-refractivity contribution in [3.05, 3.63) is 35.1 Å². The third-order valence-electron chi connectivity index (χ3n) is 3.19. The van der Waals surface area contributed by atoms with Crippen LogP contribution in [0.3, 0.4) is 0 Å². The Bertz CT molecular complexity index is 450. The van der Waals surface area contributed by atoms with Crippen LogP contribution in [-0.2, 0) is 4.79 Å². The molecule has 1 saturated heterocycles. The van der Waals surface area contributed by atoms with Gasteiger partial charge in [-0.15, -0.1) is 0 Å². The van der Waals surface area contributed by atoms with Crippen LogP contribution in [0.15, 0.2) is 18.2 Å². The van der Waals surface area contributed by atoms with E-state index in [0.717, 1.165) is 5.56 Å². The fraction of sp³-hybridized carbons (Fsp3) is 0.417. The molecule has 0 spiro atoms. The monoisotopic (exact) mass is 238 g/mol. The summed E-state index contributed by atoms with van der Waals surface area (Å²) < 4.78 is 13.2. The number of benzene rings is 1. The molecule has 4 nitrogen and oxygen atoms in total. The zero-order valence-corrected chi connectivity index (χ0v) is 9.70. The van der Waals surface area contributed by atoms with Gasteiger partial charge in [-0.2, -0.15) is 0 Å². The molecule has 5 heteroatoms. The maximum absolute atomic E-state index is 13.2. The SMILES string of the molecule is Cc1cc(C2NNC(C)C2C(=O)O)ccc1F. The average molecular weight is 238 g/mol. The predicted octanol–water partition coefficient (Wildman–Crippen LogP) is 1.37. The smallest absolute Gasteiger partial charge is 0.310 e. The van der Waals surface area contributed by atoms with E-state index in [1.807, 2.05) is 6.92 Å². The molecular weight excluding hydrogens is 223 g/mol. The second-order valence-electron chi connectivity index (χ2n) is 4.43. The number of rotatable bonds is 2. The van der Waals surface area contributed by atoms with Gasteiger partial charge in [-0.1, -0.05) is 12.1 Å². The van der Waals surface area contributed by atoms with Gasteiger partial charge >= 0.3 is 5.97 Å². The van der Waals surface area contributed by atoms with E-state index in [9.17, 15) is 14.3 Å². The summed E-state index contributed by atoms with van der Waals surface area (Å²) in [6.07, 6.45) is 0. The van der Waals surface area contributed by atoms with Gasteiger partial charge in [-0.3, -0.25) is 10.2 Å². The molecule has 1 fully saturated rings. The Morgan fingerprint density at radius 3 is 2.71 bits per heavy atom. The van der Waals surface area contributed by atoms with Crippen LogP contribution in [0.25, 0.3) is 0 Å². The summed E-state index contributed by atoms with van der Waals surface area (Å²) in [5, 5.41) is 9.19. The molecule has 1 aliphatic rings. The van der Waals surface area contributed by atoms with E-state index in [-0.39, 0.29) is 17.9 Å². The number of aryl methyl sites for hydroxylation is 1. The van der Waals surface area contributed by atoms with Crippen molar-refractivity contribution >= 4 is 5.97 Å². The van der Waals surface area contributed by atoms with Crippen molar-refractivity contribution in [2.75, 3.05) is 0 Å². The molecule has 0 aromatic heterocycles. The number of hydrogen-bond acceptors (Lipinski definition) is 3. The summed E-state index contributed by atoms with van der Waals surface area (Å²) in [6.45, 7) is 3.47. The number of carbonyl (C=O) groups is 1. The van der Waals surface area contributed by atoms with Gasteiger partial charge in [-0.25, -0.2) is 9.82 Å². The minimum atomic E-state index is -0.859. The first-order chi connectivity index (χ1) is 8.00. The minimum Gasteiger partial charge on any atom is -0.481 e. The zero-order chi connectivity index (χ0) is 12.6. The molecule has 0 bridgehead atoms. The minimum absolute atomic E-state index is 0.164. The zero-order valence-electron chi connectivity index (χ0n) is 9.70. The summed E-state index contributed by atoms with van der Waals surface area (Å²) in [7, 11) is 0. The first-order valence-corrected chi connectivity index (χ1v) is 5.50. The standard InChI is InChI=1S/C12H15FN2O2/c1-6-5-8(3-4-9(6)13)11-10(12(16)17)7(2)14-15-11/h3-5,7,10-11,14-15H,1-2H3,(H,16,17). The lowest BCUT2D eigenvalue weighted by atomic mass is 9.90. The van der Waals surface area contributed by atoms with Gasteiger partial charge < -0.3 is 5.11 Å². The van der Waals surface area contributed by atoms with E-state index in [2.05, 4.69) is 10.9 Å². The van der Waals surface area contributed by atoms with Crippen molar-refractivity contribution in [3.63, 3.8) is 0 Å². The first-order valence-electron chi connectivity index (χ1n) is 5.50. The lowest BCUT2D eigenvalue weighted by molar-refractivity contribution is -0.142.